The molecule has 0 radical (unpaired) electrons. The minimum Gasteiger partial charge on any atom is -0.342 e. The van der Waals surface area contributed by atoms with Gasteiger partial charge in [0.25, 0.3) is 0 Å². The van der Waals surface area contributed by atoms with E-state index >= 15 is 0 Å². The summed E-state index contributed by atoms with van der Waals surface area (Å²) in [5.41, 5.74) is 0. The highest BCUT2D eigenvalue weighted by atomic mass is 32.1. The molecule has 0 spiro atoms. The van der Waals surface area contributed by atoms with E-state index in [0.29, 0.717) is 11.9 Å². The van der Waals surface area contributed by atoms with Gasteiger partial charge in [0.1, 0.15) is 0 Å². The number of hydrogen-bond donors (Lipinski definition) is 0. The van der Waals surface area contributed by atoms with Gasteiger partial charge in [0.05, 0.1) is 5.92 Å². The molecule has 3 saturated heterocycles. The van der Waals surface area contributed by atoms with Crippen LogP contribution < -0.4 is 0 Å². The molecule has 0 aliphatic carbocycles. The average Bonchev–Trinajstić information content (AvgIpc) is 3.36. The first-order valence-corrected chi connectivity index (χ1v) is 10.9. The lowest BCUT2D eigenvalue weighted by Gasteiger charge is -2.42. The zero-order valence-corrected chi connectivity index (χ0v) is 16.1. The van der Waals surface area contributed by atoms with Gasteiger partial charge in [0.2, 0.25) is 5.91 Å². The van der Waals surface area contributed by atoms with E-state index in [1.165, 1.54) is 56.6 Å². The standard InChI is InChI=1S/C20H31N3OS/c24-20(22-9-1-2-10-22)17-5-3-11-23(15-17)18-7-12-21(13-8-18)16-19-6-4-14-25-19/h4,6,14,17-18H,1-3,5,7-13,15-16H2/t17-/m1/s1. The molecule has 3 aliphatic rings. The minimum atomic E-state index is 0.260. The van der Waals surface area contributed by atoms with Crippen molar-refractivity contribution >= 4 is 17.2 Å². The van der Waals surface area contributed by atoms with Crippen LogP contribution in [0.4, 0.5) is 0 Å². The SMILES string of the molecule is O=C([C@@H]1CCCN(C2CCN(Cc3cccs3)CC2)C1)N1CCCC1. The molecule has 0 bridgehead atoms. The number of carbonyl (C=O) groups is 1. The van der Waals surface area contributed by atoms with E-state index in [1.807, 2.05) is 11.3 Å². The van der Waals surface area contributed by atoms with Gasteiger partial charge in [-0.3, -0.25) is 14.6 Å². The second-order valence-corrected chi connectivity index (χ2v) is 8.99. The van der Waals surface area contributed by atoms with Crippen LogP contribution in [0.1, 0.15) is 43.4 Å². The van der Waals surface area contributed by atoms with Crippen LogP contribution in [0.15, 0.2) is 17.5 Å². The summed E-state index contributed by atoms with van der Waals surface area (Å²) in [5, 5.41) is 2.17. The molecule has 0 N–H and O–H groups in total. The fraction of sp³-hybridized carbons (Fsp3) is 0.750. The second-order valence-electron chi connectivity index (χ2n) is 7.95. The molecule has 1 amide bonds. The zero-order valence-electron chi connectivity index (χ0n) is 15.2. The first-order chi connectivity index (χ1) is 12.3. The Kier molecular flexibility index (Phi) is 5.73. The van der Waals surface area contributed by atoms with Gasteiger partial charge < -0.3 is 4.90 Å². The summed E-state index contributed by atoms with van der Waals surface area (Å²) in [6.07, 6.45) is 7.21. The normalized spacial score (nSPS) is 27.0. The Hall–Kier alpha value is -0.910. The Morgan fingerprint density at radius 3 is 2.56 bits per heavy atom. The van der Waals surface area contributed by atoms with Crippen LogP contribution in [0.5, 0.6) is 0 Å². The maximum Gasteiger partial charge on any atom is 0.226 e. The summed E-state index contributed by atoms with van der Waals surface area (Å²) in [6, 6.07) is 5.09. The van der Waals surface area contributed by atoms with Crippen molar-refractivity contribution in [2.45, 2.75) is 51.1 Å². The van der Waals surface area contributed by atoms with Crippen molar-refractivity contribution in [1.29, 1.82) is 0 Å². The summed E-state index contributed by atoms with van der Waals surface area (Å²) in [7, 11) is 0. The molecule has 4 heterocycles. The number of hydrogen-bond acceptors (Lipinski definition) is 4. The number of amides is 1. The number of carbonyl (C=O) groups excluding carboxylic acids is 1. The van der Waals surface area contributed by atoms with E-state index in [-0.39, 0.29) is 5.92 Å². The predicted molar refractivity (Wildman–Crippen MR) is 103 cm³/mol. The van der Waals surface area contributed by atoms with Crippen molar-refractivity contribution in [3.05, 3.63) is 22.4 Å². The summed E-state index contributed by atoms with van der Waals surface area (Å²) in [6.45, 7) is 7.70. The molecular weight excluding hydrogens is 330 g/mol. The Morgan fingerprint density at radius 1 is 1.04 bits per heavy atom. The number of thiophene rings is 1. The van der Waals surface area contributed by atoms with Crippen molar-refractivity contribution < 1.29 is 4.79 Å². The molecule has 4 rings (SSSR count). The third-order valence-corrected chi connectivity index (χ3v) is 7.11. The van der Waals surface area contributed by atoms with Crippen LogP contribution in [0.25, 0.3) is 0 Å². The van der Waals surface area contributed by atoms with Gasteiger partial charge in [-0.25, -0.2) is 0 Å². The van der Waals surface area contributed by atoms with Gasteiger partial charge in [0.15, 0.2) is 0 Å². The first-order valence-electron chi connectivity index (χ1n) is 10.1. The lowest BCUT2D eigenvalue weighted by molar-refractivity contribution is -0.136. The lowest BCUT2D eigenvalue weighted by atomic mass is 9.93. The van der Waals surface area contributed by atoms with Crippen LogP contribution in [-0.2, 0) is 11.3 Å². The lowest BCUT2D eigenvalue weighted by Crippen LogP contribution is -2.50. The van der Waals surface area contributed by atoms with Crippen molar-refractivity contribution in [2.75, 3.05) is 39.3 Å². The molecule has 1 atom stereocenters. The Balaban J connectivity index is 1.26. The average molecular weight is 362 g/mol. The van der Waals surface area contributed by atoms with Crippen LogP contribution in [0.3, 0.4) is 0 Å². The molecule has 25 heavy (non-hydrogen) atoms. The summed E-state index contributed by atoms with van der Waals surface area (Å²) in [5.74, 6) is 0.702. The molecule has 4 nitrogen and oxygen atoms in total. The van der Waals surface area contributed by atoms with Crippen molar-refractivity contribution in [2.24, 2.45) is 5.92 Å². The predicted octanol–water partition coefficient (Wildman–Crippen LogP) is 3.05. The van der Waals surface area contributed by atoms with Gasteiger partial charge in [0, 0.05) is 50.2 Å². The molecule has 0 unspecified atom stereocenters. The molecular formula is C20H31N3OS. The molecule has 0 aromatic carbocycles. The molecule has 5 heteroatoms. The fourth-order valence-corrected chi connectivity index (χ4v) is 5.55. The largest absolute Gasteiger partial charge is 0.342 e. The topological polar surface area (TPSA) is 26.8 Å². The summed E-state index contributed by atoms with van der Waals surface area (Å²) >= 11 is 1.87. The van der Waals surface area contributed by atoms with Crippen LogP contribution in [-0.4, -0.2) is 65.9 Å². The monoisotopic (exact) mass is 361 g/mol. The minimum absolute atomic E-state index is 0.260. The van der Waals surface area contributed by atoms with Gasteiger partial charge in [-0.15, -0.1) is 11.3 Å². The molecule has 138 valence electrons. The van der Waals surface area contributed by atoms with Crippen molar-refractivity contribution in [3.8, 4) is 0 Å². The van der Waals surface area contributed by atoms with E-state index in [9.17, 15) is 4.79 Å². The van der Waals surface area contributed by atoms with Gasteiger partial charge in [-0.1, -0.05) is 6.07 Å². The Bertz CT molecular complexity index is 547. The summed E-state index contributed by atoms with van der Waals surface area (Å²) in [4.78, 5) is 21.6. The van der Waals surface area contributed by atoms with Gasteiger partial charge in [-0.2, -0.15) is 0 Å². The third-order valence-electron chi connectivity index (χ3n) is 6.25. The van der Waals surface area contributed by atoms with E-state index in [2.05, 4.69) is 32.2 Å². The first kappa shape index (κ1) is 17.5. The highest BCUT2D eigenvalue weighted by molar-refractivity contribution is 7.09. The highest BCUT2D eigenvalue weighted by Gasteiger charge is 2.34. The van der Waals surface area contributed by atoms with Crippen molar-refractivity contribution in [1.82, 2.24) is 14.7 Å². The highest BCUT2D eigenvalue weighted by Crippen LogP contribution is 2.27. The second kappa shape index (κ2) is 8.19. The maximum atomic E-state index is 12.8. The van der Waals surface area contributed by atoms with E-state index < -0.39 is 0 Å². The van der Waals surface area contributed by atoms with Gasteiger partial charge >= 0.3 is 0 Å². The van der Waals surface area contributed by atoms with Crippen LogP contribution >= 0.6 is 11.3 Å². The number of likely N-dealkylation sites (tertiary alicyclic amines) is 3. The molecule has 1 aromatic rings. The molecule has 3 aliphatic heterocycles. The Morgan fingerprint density at radius 2 is 1.84 bits per heavy atom. The fourth-order valence-electron chi connectivity index (χ4n) is 4.80. The molecule has 1 aromatic heterocycles. The number of nitrogens with zero attached hydrogens (tertiary/aromatic N) is 3. The van der Waals surface area contributed by atoms with Gasteiger partial charge in [-0.05, 0) is 56.5 Å². The van der Waals surface area contributed by atoms with E-state index in [1.54, 1.807) is 0 Å². The van der Waals surface area contributed by atoms with E-state index in [4.69, 9.17) is 0 Å². The third kappa shape index (κ3) is 4.26. The quantitative estimate of drug-likeness (QED) is 0.825. The molecule has 3 fully saturated rings. The number of piperidine rings is 2. The Labute approximate surface area is 155 Å². The number of rotatable bonds is 4. The van der Waals surface area contributed by atoms with Crippen LogP contribution in [0.2, 0.25) is 0 Å². The van der Waals surface area contributed by atoms with Crippen molar-refractivity contribution in [3.63, 3.8) is 0 Å². The van der Waals surface area contributed by atoms with E-state index in [0.717, 1.165) is 32.6 Å². The summed E-state index contributed by atoms with van der Waals surface area (Å²) < 4.78 is 0. The zero-order chi connectivity index (χ0) is 17.1. The maximum absolute atomic E-state index is 12.8. The smallest absolute Gasteiger partial charge is 0.226 e. The molecule has 0 saturated carbocycles. The van der Waals surface area contributed by atoms with Crippen LogP contribution in [0, 0.1) is 5.92 Å².